The number of nitrogens with zero attached hydrogens (tertiary/aromatic N) is 1. The molecule has 3 aromatic rings. The summed E-state index contributed by atoms with van der Waals surface area (Å²) in [5.41, 5.74) is 2.88. The molecular formula is C16H14N2O3. The van der Waals surface area contributed by atoms with E-state index in [1.807, 2.05) is 31.2 Å². The van der Waals surface area contributed by atoms with Crippen LogP contribution in [0.25, 0.3) is 16.7 Å². The van der Waals surface area contributed by atoms with Gasteiger partial charge >= 0.3 is 11.7 Å². The number of hydrogen-bond acceptors (Lipinski definition) is 2. The molecule has 0 radical (unpaired) electrons. The number of para-hydroxylation sites is 1. The molecule has 1 heterocycles. The summed E-state index contributed by atoms with van der Waals surface area (Å²) in [5, 5.41) is 9.12. The van der Waals surface area contributed by atoms with Crippen molar-refractivity contribution in [3.05, 3.63) is 64.1 Å². The largest absolute Gasteiger partial charge is 0.478 e. The number of aryl methyl sites for hydroxylation is 1. The fourth-order valence-electron chi connectivity index (χ4n) is 2.50. The Labute approximate surface area is 120 Å². The highest BCUT2D eigenvalue weighted by Crippen LogP contribution is 2.20. The number of carboxylic acids is 1. The molecule has 0 saturated heterocycles. The number of imidazole rings is 1. The Hall–Kier alpha value is -2.82. The topological polar surface area (TPSA) is 75.1 Å². The molecule has 0 aliphatic heterocycles. The maximum Gasteiger partial charge on any atom is 0.335 e. The predicted molar refractivity (Wildman–Crippen MR) is 80.2 cm³/mol. The third kappa shape index (κ3) is 2.12. The van der Waals surface area contributed by atoms with Crippen molar-refractivity contribution >= 4 is 17.0 Å². The fourth-order valence-corrected chi connectivity index (χ4v) is 2.50. The first-order valence-corrected chi connectivity index (χ1v) is 6.68. The molecule has 5 heteroatoms. The zero-order valence-corrected chi connectivity index (χ0v) is 11.5. The van der Waals surface area contributed by atoms with E-state index in [1.54, 1.807) is 6.07 Å². The molecule has 0 spiro atoms. The number of aromatic amines is 1. The second-order valence-electron chi connectivity index (χ2n) is 4.78. The molecule has 0 aliphatic rings. The van der Waals surface area contributed by atoms with Crippen LogP contribution in [0.15, 0.2) is 47.3 Å². The highest BCUT2D eigenvalue weighted by atomic mass is 16.4. The van der Waals surface area contributed by atoms with Crippen LogP contribution in [0, 0.1) is 0 Å². The van der Waals surface area contributed by atoms with Crippen molar-refractivity contribution in [1.29, 1.82) is 0 Å². The highest BCUT2D eigenvalue weighted by Gasteiger charge is 2.13. The van der Waals surface area contributed by atoms with Crippen molar-refractivity contribution in [2.24, 2.45) is 0 Å². The molecule has 0 saturated carbocycles. The van der Waals surface area contributed by atoms with Gasteiger partial charge in [0.25, 0.3) is 0 Å². The minimum Gasteiger partial charge on any atom is -0.478 e. The van der Waals surface area contributed by atoms with E-state index in [0.29, 0.717) is 11.0 Å². The number of benzene rings is 2. The SMILES string of the molecule is CCc1ccccc1-n1c(=O)[nH]c2ccc(C(=O)O)cc21. The lowest BCUT2D eigenvalue weighted by Crippen LogP contribution is -2.16. The first-order valence-electron chi connectivity index (χ1n) is 6.68. The molecule has 2 N–H and O–H groups in total. The lowest BCUT2D eigenvalue weighted by Gasteiger charge is -2.09. The molecule has 0 fully saturated rings. The molecule has 3 rings (SSSR count). The van der Waals surface area contributed by atoms with Crippen molar-refractivity contribution in [3.63, 3.8) is 0 Å². The molecule has 106 valence electrons. The van der Waals surface area contributed by atoms with Gasteiger partial charge in [-0.2, -0.15) is 0 Å². The minimum absolute atomic E-state index is 0.157. The molecule has 0 bridgehead atoms. The predicted octanol–water partition coefficient (Wildman–Crippen LogP) is 2.58. The smallest absolute Gasteiger partial charge is 0.335 e. The van der Waals surface area contributed by atoms with Crippen LogP contribution >= 0.6 is 0 Å². The van der Waals surface area contributed by atoms with E-state index in [0.717, 1.165) is 17.7 Å². The van der Waals surface area contributed by atoms with E-state index in [-0.39, 0.29) is 11.3 Å². The average molecular weight is 282 g/mol. The summed E-state index contributed by atoms with van der Waals surface area (Å²) in [6.07, 6.45) is 0.786. The number of carbonyl (C=O) groups is 1. The number of aromatic carboxylic acids is 1. The van der Waals surface area contributed by atoms with Gasteiger partial charge in [-0.1, -0.05) is 25.1 Å². The van der Waals surface area contributed by atoms with Crippen LogP contribution in [-0.4, -0.2) is 20.6 Å². The number of H-pyrrole nitrogens is 1. The third-order valence-corrected chi connectivity index (χ3v) is 3.54. The van der Waals surface area contributed by atoms with Gasteiger partial charge in [0.15, 0.2) is 0 Å². The molecule has 0 aliphatic carbocycles. The van der Waals surface area contributed by atoms with E-state index < -0.39 is 5.97 Å². The molecule has 0 amide bonds. The summed E-state index contributed by atoms with van der Waals surface area (Å²) in [6.45, 7) is 2.02. The zero-order valence-electron chi connectivity index (χ0n) is 11.5. The number of carboxylic acid groups (broad SMARTS) is 1. The Morgan fingerprint density at radius 2 is 2.00 bits per heavy atom. The van der Waals surface area contributed by atoms with E-state index in [2.05, 4.69) is 4.98 Å². The number of fused-ring (bicyclic) bond motifs is 1. The highest BCUT2D eigenvalue weighted by molar-refractivity contribution is 5.92. The van der Waals surface area contributed by atoms with Crippen molar-refractivity contribution in [2.75, 3.05) is 0 Å². The van der Waals surface area contributed by atoms with Crippen LogP contribution in [0.5, 0.6) is 0 Å². The Morgan fingerprint density at radius 1 is 1.24 bits per heavy atom. The van der Waals surface area contributed by atoms with E-state index >= 15 is 0 Å². The van der Waals surface area contributed by atoms with Gasteiger partial charge in [0, 0.05) is 0 Å². The lowest BCUT2D eigenvalue weighted by atomic mass is 10.1. The maximum atomic E-state index is 12.2. The first-order chi connectivity index (χ1) is 10.1. The average Bonchev–Trinajstić information content (AvgIpc) is 2.81. The van der Waals surface area contributed by atoms with Gasteiger partial charge in [-0.3, -0.25) is 4.57 Å². The van der Waals surface area contributed by atoms with Gasteiger partial charge in [-0.15, -0.1) is 0 Å². The minimum atomic E-state index is -1.01. The van der Waals surface area contributed by atoms with Crippen molar-refractivity contribution in [2.45, 2.75) is 13.3 Å². The van der Waals surface area contributed by atoms with Gasteiger partial charge in [0.2, 0.25) is 0 Å². The number of hydrogen-bond donors (Lipinski definition) is 2. The van der Waals surface area contributed by atoms with Crippen LogP contribution in [0.4, 0.5) is 0 Å². The van der Waals surface area contributed by atoms with E-state index in [1.165, 1.54) is 16.7 Å². The summed E-state index contributed by atoms with van der Waals surface area (Å²) in [7, 11) is 0. The molecular weight excluding hydrogens is 268 g/mol. The number of aromatic nitrogens is 2. The molecule has 1 aromatic heterocycles. The summed E-state index contributed by atoms with van der Waals surface area (Å²) in [5.74, 6) is -1.01. The zero-order chi connectivity index (χ0) is 15.0. The summed E-state index contributed by atoms with van der Waals surface area (Å²) < 4.78 is 1.53. The third-order valence-electron chi connectivity index (χ3n) is 3.54. The van der Waals surface area contributed by atoms with Crippen LogP contribution in [0.1, 0.15) is 22.8 Å². The Balaban J connectivity index is 2.36. The van der Waals surface area contributed by atoms with Crippen LogP contribution in [-0.2, 0) is 6.42 Å². The monoisotopic (exact) mass is 282 g/mol. The second kappa shape index (κ2) is 4.94. The fraction of sp³-hybridized carbons (Fsp3) is 0.125. The maximum absolute atomic E-state index is 12.2. The molecule has 21 heavy (non-hydrogen) atoms. The normalized spacial score (nSPS) is 10.9. The summed E-state index contributed by atoms with van der Waals surface area (Å²) in [6, 6.07) is 12.2. The quantitative estimate of drug-likeness (QED) is 0.775. The van der Waals surface area contributed by atoms with Gasteiger partial charge in [-0.25, -0.2) is 9.59 Å². The van der Waals surface area contributed by atoms with Gasteiger partial charge in [-0.05, 0) is 36.2 Å². The summed E-state index contributed by atoms with van der Waals surface area (Å²) >= 11 is 0. The van der Waals surface area contributed by atoms with Crippen LogP contribution in [0.2, 0.25) is 0 Å². The van der Waals surface area contributed by atoms with Gasteiger partial charge in [0.05, 0.1) is 22.3 Å². The summed E-state index contributed by atoms with van der Waals surface area (Å²) in [4.78, 5) is 26.1. The van der Waals surface area contributed by atoms with Gasteiger partial charge in [0.1, 0.15) is 0 Å². The standard InChI is InChI=1S/C16H14N2O3/c1-2-10-5-3-4-6-13(10)18-14-9-11(15(19)20)7-8-12(14)17-16(18)21/h3-9H,2H2,1H3,(H,17,21)(H,19,20). The molecule has 0 unspecified atom stereocenters. The molecule has 2 aromatic carbocycles. The van der Waals surface area contributed by atoms with Crippen molar-refractivity contribution in [3.8, 4) is 5.69 Å². The first kappa shape index (κ1) is 13.2. The number of nitrogens with one attached hydrogen (secondary N) is 1. The van der Waals surface area contributed by atoms with Crippen molar-refractivity contribution < 1.29 is 9.90 Å². The molecule has 5 nitrogen and oxygen atoms in total. The Bertz CT molecular complexity index is 890. The Morgan fingerprint density at radius 3 is 2.71 bits per heavy atom. The van der Waals surface area contributed by atoms with Crippen LogP contribution in [0.3, 0.4) is 0 Å². The second-order valence-corrected chi connectivity index (χ2v) is 4.78. The Kier molecular flexibility index (Phi) is 3.10. The van der Waals surface area contributed by atoms with Gasteiger partial charge < -0.3 is 10.1 Å². The number of rotatable bonds is 3. The van der Waals surface area contributed by atoms with Crippen LogP contribution < -0.4 is 5.69 Å². The van der Waals surface area contributed by atoms with E-state index in [4.69, 9.17) is 5.11 Å². The van der Waals surface area contributed by atoms with E-state index in [9.17, 15) is 9.59 Å². The molecule has 0 atom stereocenters. The lowest BCUT2D eigenvalue weighted by molar-refractivity contribution is 0.0697. The van der Waals surface area contributed by atoms with Crippen molar-refractivity contribution in [1.82, 2.24) is 9.55 Å².